The fraction of sp³-hybridized carbons (Fsp3) is 0.357. The van der Waals surface area contributed by atoms with Crippen LogP contribution in [0.5, 0.6) is 0 Å². The van der Waals surface area contributed by atoms with Crippen LogP contribution in [0.4, 0.5) is 16.0 Å². The molecule has 1 N–H and O–H groups in total. The van der Waals surface area contributed by atoms with Gasteiger partial charge >= 0.3 is 0 Å². The van der Waals surface area contributed by atoms with Gasteiger partial charge in [-0.15, -0.1) is 0 Å². The zero-order valence-corrected chi connectivity index (χ0v) is 10.6. The summed E-state index contributed by atoms with van der Waals surface area (Å²) in [5.41, 5.74) is 2.80. The summed E-state index contributed by atoms with van der Waals surface area (Å²) < 4.78 is 15.2. The Hall–Kier alpha value is -1.84. The van der Waals surface area contributed by atoms with Gasteiger partial charge in [0.05, 0.1) is 5.69 Å². The smallest absolute Gasteiger partial charge is 0.207 e. The molecule has 0 amide bonds. The number of hydrogen-bond donors (Lipinski definition) is 1. The maximum atomic E-state index is 13.1. The predicted octanol–water partition coefficient (Wildman–Crippen LogP) is 3.72. The number of nitrogens with zero attached hydrogens (tertiary/aromatic N) is 2. The second-order valence-electron chi connectivity index (χ2n) is 4.93. The molecule has 3 rings (SSSR count). The first kappa shape index (κ1) is 11.3. The van der Waals surface area contributed by atoms with Crippen molar-refractivity contribution in [2.24, 2.45) is 0 Å². The summed E-state index contributed by atoms with van der Waals surface area (Å²) in [6.07, 6.45) is 4.50. The Kier molecular flexibility index (Phi) is 2.58. The van der Waals surface area contributed by atoms with E-state index in [0.29, 0.717) is 6.04 Å². The van der Waals surface area contributed by atoms with Gasteiger partial charge in [-0.05, 0) is 50.5 Å². The molecule has 0 unspecified atom stereocenters. The standard InChI is InChI=1S/C14H16FN3/c1-9-7-11(15)3-6-13(9)17-14-16-10(2)8-18(14)12-4-5-12/h3,6-8,12H,4-5H2,1-2H3,(H,16,17). The van der Waals surface area contributed by atoms with E-state index in [0.717, 1.165) is 22.9 Å². The highest BCUT2D eigenvalue weighted by Gasteiger charge is 2.26. The fourth-order valence-electron chi connectivity index (χ4n) is 2.13. The van der Waals surface area contributed by atoms with Crippen molar-refractivity contribution < 1.29 is 4.39 Å². The van der Waals surface area contributed by atoms with E-state index in [-0.39, 0.29) is 5.82 Å². The second-order valence-corrected chi connectivity index (χ2v) is 4.93. The number of halogens is 1. The molecule has 1 heterocycles. The molecule has 1 saturated carbocycles. The molecule has 3 nitrogen and oxygen atoms in total. The van der Waals surface area contributed by atoms with Crippen molar-refractivity contribution >= 4 is 11.6 Å². The summed E-state index contributed by atoms with van der Waals surface area (Å²) >= 11 is 0. The predicted molar refractivity (Wildman–Crippen MR) is 69.7 cm³/mol. The average molecular weight is 245 g/mol. The molecular formula is C14H16FN3. The van der Waals surface area contributed by atoms with Crippen molar-refractivity contribution in [3.8, 4) is 0 Å². The van der Waals surface area contributed by atoms with Gasteiger partial charge in [-0.2, -0.15) is 0 Å². The van der Waals surface area contributed by atoms with Gasteiger partial charge in [0, 0.05) is 17.9 Å². The Morgan fingerprint density at radius 3 is 2.78 bits per heavy atom. The van der Waals surface area contributed by atoms with E-state index in [1.54, 1.807) is 6.07 Å². The van der Waals surface area contributed by atoms with Gasteiger partial charge in [0.2, 0.25) is 5.95 Å². The van der Waals surface area contributed by atoms with Crippen LogP contribution in [0.3, 0.4) is 0 Å². The third-order valence-electron chi connectivity index (χ3n) is 3.23. The Morgan fingerprint density at radius 2 is 2.11 bits per heavy atom. The van der Waals surface area contributed by atoms with Crippen LogP contribution in [0, 0.1) is 19.7 Å². The third kappa shape index (κ3) is 2.10. The van der Waals surface area contributed by atoms with E-state index < -0.39 is 0 Å². The summed E-state index contributed by atoms with van der Waals surface area (Å²) in [5.74, 6) is 0.643. The summed E-state index contributed by atoms with van der Waals surface area (Å²) in [4.78, 5) is 4.49. The van der Waals surface area contributed by atoms with Crippen LogP contribution in [0.15, 0.2) is 24.4 Å². The summed E-state index contributed by atoms with van der Waals surface area (Å²) in [6, 6.07) is 5.33. The number of aromatic nitrogens is 2. The second kappa shape index (κ2) is 4.12. The summed E-state index contributed by atoms with van der Waals surface area (Å²) in [5, 5.41) is 3.30. The van der Waals surface area contributed by atoms with Crippen LogP contribution in [-0.4, -0.2) is 9.55 Å². The molecule has 0 spiro atoms. The molecule has 2 aromatic rings. The highest BCUT2D eigenvalue weighted by atomic mass is 19.1. The number of benzene rings is 1. The molecule has 18 heavy (non-hydrogen) atoms. The number of hydrogen-bond acceptors (Lipinski definition) is 2. The first-order chi connectivity index (χ1) is 8.63. The van der Waals surface area contributed by atoms with Crippen LogP contribution in [0.2, 0.25) is 0 Å². The van der Waals surface area contributed by atoms with Crippen LogP contribution in [-0.2, 0) is 0 Å². The molecule has 0 saturated heterocycles. The first-order valence-corrected chi connectivity index (χ1v) is 6.22. The lowest BCUT2D eigenvalue weighted by Gasteiger charge is -2.10. The lowest BCUT2D eigenvalue weighted by Crippen LogP contribution is -2.02. The van der Waals surface area contributed by atoms with E-state index in [4.69, 9.17) is 0 Å². The topological polar surface area (TPSA) is 29.9 Å². The van der Waals surface area contributed by atoms with E-state index in [2.05, 4.69) is 21.1 Å². The monoisotopic (exact) mass is 245 g/mol. The third-order valence-corrected chi connectivity index (χ3v) is 3.23. The van der Waals surface area contributed by atoms with E-state index >= 15 is 0 Å². The Morgan fingerprint density at radius 1 is 1.33 bits per heavy atom. The lowest BCUT2D eigenvalue weighted by atomic mass is 10.2. The first-order valence-electron chi connectivity index (χ1n) is 6.22. The molecule has 0 radical (unpaired) electrons. The molecule has 1 fully saturated rings. The molecule has 0 aliphatic heterocycles. The normalized spacial score (nSPS) is 14.8. The highest BCUT2D eigenvalue weighted by Crippen LogP contribution is 2.38. The summed E-state index contributed by atoms with van der Waals surface area (Å²) in [6.45, 7) is 3.88. The largest absolute Gasteiger partial charge is 0.325 e. The van der Waals surface area contributed by atoms with Gasteiger partial charge < -0.3 is 9.88 Å². The molecule has 0 atom stereocenters. The van der Waals surface area contributed by atoms with Crippen molar-refractivity contribution in [2.75, 3.05) is 5.32 Å². The number of imidazole rings is 1. The van der Waals surface area contributed by atoms with Crippen molar-refractivity contribution in [1.29, 1.82) is 0 Å². The minimum atomic E-state index is -0.209. The zero-order valence-electron chi connectivity index (χ0n) is 10.6. The summed E-state index contributed by atoms with van der Waals surface area (Å²) in [7, 11) is 0. The SMILES string of the molecule is Cc1cn(C2CC2)c(Nc2ccc(F)cc2C)n1. The van der Waals surface area contributed by atoms with Crippen LogP contribution in [0.25, 0.3) is 0 Å². The van der Waals surface area contributed by atoms with Gasteiger partial charge in [0.25, 0.3) is 0 Å². The van der Waals surface area contributed by atoms with Crippen LogP contribution in [0.1, 0.15) is 30.1 Å². The molecule has 1 aromatic heterocycles. The molecule has 4 heteroatoms. The molecular weight excluding hydrogens is 229 g/mol. The lowest BCUT2D eigenvalue weighted by molar-refractivity contribution is 0.627. The van der Waals surface area contributed by atoms with E-state index in [9.17, 15) is 4.39 Å². The zero-order chi connectivity index (χ0) is 12.7. The molecule has 1 aromatic carbocycles. The molecule has 1 aliphatic rings. The fourth-order valence-corrected chi connectivity index (χ4v) is 2.13. The number of nitrogens with one attached hydrogen (secondary N) is 1. The number of anilines is 2. The Bertz CT molecular complexity index is 585. The Labute approximate surface area is 106 Å². The van der Waals surface area contributed by atoms with Crippen molar-refractivity contribution in [3.05, 3.63) is 41.5 Å². The van der Waals surface area contributed by atoms with Crippen molar-refractivity contribution in [1.82, 2.24) is 9.55 Å². The van der Waals surface area contributed by atoms with Gasteiger partial charge in [0.1, 0.15) is 5.82 Å². The Balaban J connectivity index is 1.91. The van der Waals surface area contributed by atoms with Gasteiger partial charge in [-0.25, -0.2) is 9.37 Å². The molecule has 94 valence electrons. The van der Waals surface area contributed by atoms with Crippen molar-refractivity contribution in [2.45, 2.75) is 32.7 Å². The van der Waals surface area contributed by atoms with E-state index in [1.165, 1.54) is 25.0 Å². The minimum Gasteiger partial charge on any atom is -0.325 e. The minimum absolute atomic E-state index is 0.209. The van der Waals surface area contributed by atoms with Gasteiger partial charge in [0.15, 0.2) is 0 Å². The van der Waals surface area contributed by atoms with Gasteiger partial charge in [-0.3, -0.25) is 0 Å². The van der Waals surface area contributed by atoms with Gasteiger partial charge in [-0.1, -0.05) is 0 Å². The van der Waals surface area contributed by atoms with Crippen LogP contribution >= 0.6 is 0 Å². The quantitative estimate of drug-likeness (QED) is 0.893. The highest BCUT2D eigenvalue weighted by molar-refractivity contribution is 5.58. The number of rotatable bonds is 3. The van der Waals surface area contributed by atoms with Crippen LogP contribution < -0.4 is 5.32 Å². The van der Waals surface area contributed by atoms with E-state index in [1.807, 2.05) is 13.8 Å². The molecule has 0 bridgehead atoms. The molecule has 1 aliphatic carbocycles. The van der Waals surface area contributed by atoms with Crippen molar-refractivity contribution in [3.63, 3.8) is 0 Å². The number of aryl methyl sites for hydroxylation is 2. The maximum absolute atomic E-state index is 13.1. The average Bonchev–Trinajstić information content (AvgIpc) is 3.08. The maximum Gasteiger partial charge on any atom is 0.207 e.